The topological polar surface area (TPSA) is 19.4 Å². The molecule has 1 aliphatic heterocycles. The van der Waals surface area contributed by atoms with Crippen LogP contribution in [0.5, 0.6) is 0 Å². The molecule has 0 radical (unpaired) electrons. The maximum atomic E-state index is 4.59. The van der Waals surface area contributed by atoms with Crippen LogP contribution in [0.15, 0.2) is 114 Å². The summed E-state index contributed by atoms with van der Waals surface area (Å²) in [5, 5.41) is 1.10. The number of anilines is 1. The molecule has 33 heavy (non-hydrogen) atoms. The van der Waals surface area contributed by atoms with Gasteiger partial charge in [0.15, 0.2) is 0 Å². The molecule has 0 spiro atoms. The summed E-state index contributed by atoms with van der Waals surface area (Å²) in [6, 6.07) is 37.2. The third kappa shape index (κ3) is 4.05. The first kappa shape index (κ1) is 21.7. The van der Waals surface area contributed by atoms with Gasteiger partial charge in [-0.15, -0.1) is 11.8 Å². The van der Waals surface area contributed by atoms with E-state index in [1.165, 1.54) is 22.4 Å². The van der Waals surface area contributed by atoms with Gasteiger partial charge in [0.25, 0.3) is 0 Å². The average Bonchev–Trinajstić information content (AvgIpc) is 2.91. The van der Waals surface area contributed by atoms with Crippen LogP contribution in [0, 0.1) is 0 Å². The van der Waals surface area contributed by atoms with Crippen LogP contribution in [0.2, 0.25) is 0 Å². The molecule has 0 aliphatic carbocycles. The summed E-state index contributed by atoms with van der Waals surface area (Å²) in [5.41, 5.74) is 4.83. The van der Waals surface area contributed by atoms with Crippen molar-refractivity contribution in [1.82, 2.24) is 9.88 Å². The zero-order valence-electron chi connectivity index (χ0n) is 19.0. The maximum absolute atomic E-state index is 4.59. The Morgan fingerprint density at radius 2 is 1.12 bits per heavy atom. The van der Waals surface area contributed by atoms with Gasteiger partial charge < -0.3 is 4.90 Å². The molecule has 4 heteroatoms. The summed E-state index contributed by atoms with van der Waals surface area (Å²) in [7, 11) is 0. The predicted molar refractivity (Wildman–Crippen MR) is 139 cm³/mol. The number of benzene rings is 3. The molecule has 0 atom stereocenters. The summed E-state index contributed by atoms with van der Waals surface area (Å²) in [6.07, 6.45) is 3.99. The molecular weight excluding hydrogens is 422 g/mol. The van der Waals surface area contributed by atoms with Crippen molar-refractivity contribution in [3.8, 4) is 0 Å². The third-order valence-corrected chi connectivity index (χ3v) is 7.32. The molecule has 3 aromatic carbocycles. The van der Waals surface area contributed by atoms with Crippen molar-refractivity contribution in [1.29, 1.82) is 0 Å². The Labute approximate surface area is 201 Å². The Bertz CT molecular complexity index is 1060. The van der Waals surface area contributed by atoms with Crippen LogP contribution in [-0.4, -0.2) is 42.3 Å². The molecule has 3 nitrogen and oxygen atoms in total. The number of hydrogen-bond donors (Lipinski definition) is 0. The molecule has 0 N–H and O–H groups in total. The van der Waals surface area contributed by atoms with Gasteiger partial charge in [-0.25, -0.2) is 4.98 Å². The van der Waals surface area contributed by atoms with Crippen LogP contribution in [0.4, 0.5) is 5.69 Å². The number of rotatable bonds is 6. The lowest BCUT2D eigenvalue weighted by Crippen LogP contribution is -2.56. The Kier molecular flexibility index (Phi) is 6.47. The normalized spacial score (nSPS) is 14.9. The van der Waals surface area contributed by atoms with Gasteiger partial charge >= 0.3 is 0 Å². The average molecular weight is 452 g/mol. The summed E-state index contributed by atoms with van der Waals surface area (Å²) >= 11 is 1.72. The van der Waals surface area contributed by atoms with E-state index in [1.807, 2.05) is 12.3 Å². The fourth-order valence-corrected chi connectivity index (χ4v) is 5.72. The fraction of sp³-hybridized carbons (Fsp3) is 0.207. The van der Waals surface area contributed by atoms with Crippen molar-refractivity contribution in [2.45, 2.75) is 10.6 Å². The van der Waals surface area contributed by atoms with Gasteiger partial charge in [-0.1, -0.05) is 91.0 Å². The third-order valence-electron chi connectivity index (χ3n) is 6.61. The lowest BCUT2D eigenvalue weighted by molar-refractivity contribution is 0.147. The Balaban J connectivity index is 1.59. The molecule has 166 valence electrons. The molecule has 2 heterocycles. The van der Waals surface area contributed by atoms with Gasteiger partial charge in [-0.3, -0.25) is 4.90 Å². The summed E-state index contributed by atoms with van der Waals surface area (Å²) < 4.78 is 0. The smallest absolute Gasteiger partial charge is 0.119 e. The molecule has 4 aromatic rings. The number of piperazine rings is 1. The number of nitrogens with zero attached hydrogens (tertiary/aromatic N) is 3. The molecule has 0 amide bonds. The lowest BCUT2D eigenvalue weighted by atomic mass is 9.75. The fourth-order valence-electron chi connectivity index (χ4n) is 5.15. The van der Waals surface area contributed by atoms with Crippen LogP contribution in [0.1, 0.15) is 16.7 Å². The molecule has 1 saturated heterocycles. The quantitative estimate of drug-likeness (QED) is 0.268. The first-order valence-electron chi connectivity index (χ1n) is 11.5. The Morgan fingerprint density at radius 1 is 0.636 bits per heavy atom. The highest BCUT2D eigenvalue weighted by molar-refractivity contribution is 7.98. The van der Waals surface area contributed by atoms with Crippen LogP contribution in [0.3, 0.4) is 0 Å². The molecule has 0 saturated carbocycles. The van der Waals surface area contributed by atoms with Gasteiger partial charge in [-0.05, 0) is 35.1 Å². The van der Waals surface area contributed by atoms with E-state index >= 15 is 0 Å². The monoisotopic (exact) mass is 451 g/mol. The lowest BCUT2D eigenvalue weighted by Gasteiger charge is -2.49. The van der Waals surface area contributed by atoms with Gasteiger partial charge in [0, 0.05) is 32.4 Å². The minimum atomic E-state index is -0.340. The zero-order chi connectivity index (χ0) is 22.5. The van der Waals surface area contributed by atoms with Crippen molar-refractivity contribution in [2.24, 2.45) is 0 Å². The molecule has 1 fully saturated rings. The van der Waals surface area contributed by atoms with Gasteiger partial charge in [0.05, 0.1) is 11.2 Å². The predicted octanol–water partition coefficient (Wildman–Crippen LogP) is 5.92. The second-order valence-electron chi connectivity index (χ2n) is 8.31. The number of thioether (sulfide) groups is 1. The summed E-state index contributed by atoms with van der Waals surface area (Å²) in [4.78, 5) is 9.74. The molecular formula is C29H29N3S. The van der Waals surface area contributed by atoms with Crippen molar-refractivity contribution in [2.75, 3.05) is 37.3 Å². The highest BCUT2D eigenvalue weighted by atomic mass is 32.2. The van der Waals surface area contributed by atoms with E-state index in [0.29, 0.717) is 0 Å². The molecule has 0 unspecified atom stereocenters. The summed E-state index contributed by atoms with van der Waals surface area (Å²) in [6.45, 7) is 3.85. The largest absolute Gasteiger partial charge is 0.367 e. The Morgan fingerprint density at radius 3 is 1.58 bits per heavy atom. The van der Waals surface area contributed by atoms with Crippen molar-refractivity contribution < 1.29 is 0 Å². The standard InChI is InChI=1S/C29H29N3S/c1-33-28-27(18-11-19-30-28)31-20-22-32(23-21-31)29(24-12-5-2-6-13-24,25-14-7-3-8-15-25)26-16-9-4-10-17-26/h2-19H,20-23H2,1H3. The number of hydrogen-bond acceptors (Lipinski definition) is 4. The Hall–Kier alpha value is -3.08. The van der Waals surface area contributed by atoms with E-state index in [1.54, 1.807) is 11.8 Å². The van der Waals surface area contributed by atoms with E-state index in [4.69, 9.17) is 0 Å². The van der Waals surface area contributed by atoms with Crippen LogP contribution in [-0.2, 0) is 5.54 Å². The van der Waals surface area contributed by atoms with E-state index in [2.05, 4.69) is 118 Å². The second kappa shape index (κ2) is 9.82. The number of pyridine rings is 1. The van der Waals surface area contributed by atoms with E-state index < -0.39 is 0 Å². The van der Waals surface area contributed by atoms with Crippen molar-refractivity contribution in [3.05, 3.63) is 126 Å². The molecule has 1 aliphatic rings. The van der Waals surface area contributed by atoms with E-state index in [-0.39, 0.29) is 5.54 Å². The van der Waals surface area contributed by atoms with Crippen LogP contribution >= 0.6 is 11.8 Å². The minimum absolute atomic E-state index is 0.340. The molecule has 0 bridgehead atoms. The van der Waals surface area contributed by atoms with Gasteiger partial charge in [0.1, 0.15) is 5.03 Å². The van der Waals surface area contributed by atoms with E-state index in [0.717, 1.165) is 31.2 Å². The van der Waals surface area contributed by atoms with Crippen LogP contribution < -0.4 is 4.90 Å². The zero-order valence-corrected chi connectivity index (χ0v) is 19.8. The number of aromatic nitrogens is 1. The van der Waals surface area contributed by atoms with Crippen LogP contribution in [0.25, 0.3) is 0 Å². The van der Waals surface area contributed by atoms with Gasteiger partial charge in [0.2, 0.25) is 0 Å². The minimum Gasteiger partial charge on any atom is -0.367 e. The molecule has 1 aromatic heterocycles. The SMILES string of the molecule is CSc1ncccc1N1CCN(C(c2ccccc2)(c2ccccc2)c2ccccc2)CC1. The highest BCUT2D eigenvalue weighted by Crippen LogP contribution is 2.43. The highest BCUT2D eigenvalue weighted by Gasteiger charge is 2.43. The van der Waals surface area contributed by atoms with E-state index in [9.17, 15) is 0 Å². The first-order chi connectivity index (χ1) is 16.3. The van der Waals surface area contributed by atoms with Crippen molar-refractivity contribution >= 4 is 17.4 Å². The van der Waals surface area contributed by atoms with Crippen molar-refractivity contribution in [3.63, 3.8) is 0 Å². The maximum Gasteiger partial charge on any atom is 0.119 e. The van der Waals surface area contributed by atoms with Gasteiger partial charge in [-0.2, -0.15) is 0 Å². The summed E-state index contributed by atoms with van der Waals surface area (Å²) in [5.74, 6) is 0. The molecule has 5 rings (SSSR count). The first-order valence-corrected chi connectivity index (χ1v) is 12.7. The second-order valence-corrected chi connectivity index (χ2v) is 9.11.